The Bertz CT molecular complexity index is 361. The standard InChI is InChI=1S/C15H24N2O/c1-12(2)18-15-6-4-14(5-7-15)17-9-8-13(11-17)10-16-3/h4-7,12-13,16H,8-11H2,1-3H3. The Hall–Kier alpha value is -1.22. The summed E-state index contributed by atoms with van der Waals surface area (Å²) in [5.41, 5.74) is 1.31. The Morgan fingerprint density at radius 2 is 2.06 bits per heavy atom. The first-order valence-corrected chi connectivity index (χ1v) is 6.85. The summed E-state index contributed by atoms with van der Waals surface area (Å²) in [4.78, 5) is 2.46. The molecule has 0 amide bonds. The quantitative estimate of drug-likeness (QED) is 0.866. The lowest BCUT2D eigenvalue weighted by atomic mass is 10.1. The highest BCUT2D eigenvalue weighted by atomic mass is 16.5. The smallest absolute Gasteiger partial charge is 0.119 e. The fourth-order valence-corrected chi connectivity index (χ4v) is 2.53. The van der Waals surface area contributed by atoms with Crippen LogP contribution in [0.2, 0.25) is 0 Å². The van der Waals surface area contributed by atoms with Gasteiger partial charge in [-0.2, -0.15) is 0 Å². The van der Waals surface area contributed by atoms with E-state index in [-0.39, 0.29) is 6.10 Å². The second kappa shape index (κ2) is 6.10. The first kappa shape index (κ1) is 13.2. The van der Waals surface area contributed by atoms with Crippen LogP contribution in [-0.4, -0.2) is 32.8 Å². The minimum Gasteiger partial charge on any atom is -0.491 e. The van der Waals surface area contributed by atoms with Gasteiger partial charge in [-0.3, -0.25) is 0 Å². The first-order valence-electron chi connectivity index (χ1n) is 6.85. The van der Waals surface area contributed by atoms with Gasteiger partial charge in [-0.15, -0.1) is 0 Å². The van der Waals surface area contributed by atoms with Crippen molar-refractivity contribution in [2.45, 2.75) is 26.4 Å². The number of ether oxygens (including phenoxy) is 1. The van der Waals surface area contributed by atoms with Crippen molar-refractivity contribution in [3.05, 3.63) is 24.3 Å². The Morgan fingerprint density at radius 3 is 2.67 bits per heavy atom. The average molecular weight is 248 g/mol. The third-order valence-electron chi connectivity index (χ3n) is 3.35. The molecule has 1 saturated heterocycles. The molecule has 1 heterocycles. The molecule has 0 aromatic heterocycles. The maximum absolute atomic E-state index is 5.66. The zero-order valence-electron chi connectivity index (χ0n) is 11.6. The molecule has 100 valence electrons. The fraction of sp³-hybridized carbons (Fsp3) is 0.600. The highest BCUT2D eigenvalue weighted by molar-refractivity contribution is 5.49. The van der Waals surface area contributed by atoms with E-state index >= 15 is 0 Å². The van der Waals surface area contributed by atoms with Crippen molar-refractivity contribution in [2.24, 2.45) is 5.92 Å². The zero-order valence-corrected chi connectivity index (χ0v) is 11.6. The van der Waals surface area contributed by atoms with E-state index in [0.717, 1.165) is 31.3 Å². The summed E-state index contributed by atoms with van der Waals surface area (Å²) in [6.45, 7) is 7.54. The number of benzene rings is 1. The predicted octanol–water partition coefficient (Wildman–Crippen LogP) is 2.52. The van der Waals surface area contributed by atoms with Gasteiger partial charge in [0.25, 0.3) is 0 Å². The van der Waals surface area contributed by atoms with E-state index in [2.05, 4.69) is 48.3 Å². The van der Waals surface area contributed by atoms with Crippen LogP contribution in [0.5, 0.6) is 5.75 Å². The van der Waals surface area contributed by atoms with Crippen molar-refractivity contribution in [3.63, 3.8) is 0 Å². The Morgan fingerprint density at radius 1 is 1.33 bits per heavy atom. The van der Waals surface area contributed by atoms with Gasteiger partial charge in [0.1, 0.15) is 5.75 Å². The van der Waals surface area contributed by atoms with E-state index in [9.17, 15) is 0 Å². The minimum atomic E-state index is 0.239. The molecular weight excluding hydrogens is 224 g/mol. The molecule has 1 aliphatic heterocycles. The molecule has 0 aliphatic carbocycles. The van der Waals surface area contributed by atoms with Gasteiger partial charge in [0.2, 0.25) is 0 Å². The summed E-state index contributed by atoms with van der Waals surface area (Å²) in [6, 6.07) is 8.47. The molecule has 1 unspecified atom stereocenters. The minimum absolute atomic E-state index is 0.239. The van der Waals surface area contributed by atoms with Gasteiger partial charge in [-0.25, -0.2) is 0 Å². The van der Waals surface area contributed by atoms with Crippen molar-refractivity contribution in [2.75, 3.05) is 31.6 Å². The van der Waals surface area contributed by atoms with Crippen molar-refractivity contribution in [1.29, 1.82) is 0 Å². The van der Waals surface area contributed by atoms with Gasteiger partial charge in [-0.1, -0.05) is 0 Å². The number of nitrogens with one attached hydrogen (secondary N) is 1. The van der Waals surface area contributed by atoms with Crippen molar-refractivity contribution >= 4 is 5.69 Å². The second-order valence-electron chi connectivity index (χ2n) is 5.32. The maximum atomic E-state index is 5.66. The van der Waals surface area contributed by atoms with Gasteiger partial charge >= 0.3 is 0 Å². The molecule has 2 rings (SSSR count). The number of nitrogens with zero attached hydrogens (tertiary/aromatic N) is 1. The summed E-state index contributed by atoms with van der Waals surface area (Å²) in [5, 5.41) is 3.27. The van der Waals surface area contributed by atoms with Crippen LogP contribution in [0.25, 0.3) is 0 Å². The zero-order chi connectivity index (χ0) is 13.0. The van der Waals surface area contributed by atoms with E-state index < -0.39 is 0 Å². The van der Waals surface area contributed by atoms with E-state index in [1.807, 2.05) is 7.05 Å². The van der Waals surface area contributed by atoms with Gasteiger partial charge in [0.15, 0.2) is 0 Å². The molecule has 3 nitrogen and oxygen atoms in total. The van der Waals surface area contributed by atoms with Gasteiger partial charge < -0.3 is 15.0 Å². The molecule has 1 aromatic rings. The molecular formula is C15H24N2O. The first-order chi connectivity index (χ1) is 8.69. The summed E-state index contributed by atoms with van der Waals surface area (Å²) >= 11 is 0. The number of hydrogen-bond acceptors (Lipinski definition) is 3. The number of hydrogen-bond donors (Lipinski definition) is 1. The highest BCUT2D eigenvalue weighted by Gasteiger charge is 2.21. The highest BCUT2D eigenvalue weighted by Crippen LogP contribution is 2.25. The lowest BCUT2D eigenvalue weighted by molar-refractivity contribution is 0.242. The van der Waals surface area contributed by atoms with E-state index in [4.69, 9.17) is 4.74 Å². The van der Waals surface area contributed by atoms with Crippen LogP contribution in [0.3, 0.4) is 0 Å². The van der Waals surface area contributed by atoms with Crippen LogP contribution in [0.15, 0.2) is 24.3 Å². The normalized spacial score (nSPS) is 19.6. The van der Waals surface area contributed by atoms with E-state index in [1.165, 1.54) is 12.1 Å². The van der Waals surface area contributed by atoms with E-state index in [0.29, 0.717) is 0 Å². The largest absolute Gasteiger partial charge is 0.491 e. The third-order valence-corrected chi connectivity index (χ3v) is 3.35. The number of anilines is 1. The lowest BCUT2D eigenvalue weighted by Gasteiger charge is -2.19. The maximum Gasteiger partial charge on any atom is 0.119 e. The topological polar surface area (TPSA) is 24.5 Å². The Kier molecular flexibility index (Phi) is 4.48. The fourth-order valence-electron chi connectivity index (χ4n) is 2.53. The average Bonchev–Trinajstić information content (AvgIpc) is 2.78. The second-order valence-corrected chi connectivity index (χ2v) is 5.32. The third kappa shape index (κ3) is 3.39. The van der Waals surface area contributed by atoms with Crippen LogP contribution < -0.4 is 15.0 Å². The van der Waals surface area contributed by atoms with Gasteiger partial charge in [-0.05, 0) is 64.0 Å². The summed E-state index contributed by atoms with van der Waals surface area (Å²) < 4.78 is 5.66. The summed E-state index contributed by atoms with van der Waals surface area (Å²) in [5.74, 6) is 1.74. The number of rotatable bonds is 5. The molecule has 0 spiro atoms. The van der Waals surface area contributed by atoms with Crippen LogP contribution >= 0.6 is 0 Å². The molecule has 0 bridgehead atoms. The van der Waals surface area contributed by atoms with Gasteiger partial charge in [0, 0.05) is 18.8 Å². The molecule has 3 heteroatoms. The van der Waals surface area contributed by atoms with Crippen LogP contribution in [-0.2, 0) is 0 Å². The molecule has 1 fully saturated rings. The van der Waals surface area contributed by atoms with Gasteiger partial charge in [0.05, 0.1) is 6.10 Å². The summed E-state index contributed by atoms with van der Waals surface area (Å²) in [6.07, 6.45) is 1.52. The molecule has 0 radical (unpaired) electrons. The molecule has 0 saturated carbocycles. The summed E-state index contributed by atoms with van der Waals surface area (Å²) in [7, 11) is 2.03. The van der Waals surface area contributed by atoms with Crippen LogP contribution in [0.4, 0.5) is 5.69 Å². The van der Waals surface area contributed by atoms with Crippen molar-refractivity contribution in [3.8, 4) is 5.75 Å². The molecule has 1 atom stereocenters. The monoisotopic (exact) mass is 248 g/mol. The molecule has 1 N–H and O–H groups in total. The Labute approximate surface area is 110 Å². The predicted molar refractivity (Wildman–Crippen MR) is 76.5 cm³/mol. The SMILES string of the molecule is CNCC1CCN(c2ccc(OC(C)C)cc2)C1. The van der Waals surface area contributed by atoms with Crippen LogP contribution in [0.1, 0.15) is 20.3 Å². The molecule has 1 aliphatic rings. The molecule has 18 heavy (non-hydrogen) atoms. The van der Waals surface area contributed by atoms with Crippen molar-refractivity contribution in [1.82, 2.24) is 5.32 Å². The lowest BCUT2D eigenvalue weighted by Crippen LogP contribution is -2.24. The van der Waals surface area contributed by atoms with Crippen LogP contribution in [0, 0.1) is 5.92 Å². The molecule has 1 aromatic carbocycles. The van der Waals surface area contributed by atoms with Crippen molar-refractivity contribution < 1.29 is 4.74 Å². The van der Waals surface area contributed by atoms with E-state index in [1.54, 1.807) is 0 Å². The Balaban J connectivity index is 1.94.